The van der Waals surface area contributed by atoms with Crippen LogP contribution in [0.1, 0.15) is 25.7 Å². The van der Waals surface area contributed by atoms with Gasteiger partial charge in [-0.3, -0.25) is 14.2 Å². The molecule has 2 aromatic heterocycles. The maximum absolute atomic E-state index is 13.1. The number of carbonyl (C=O) groups is 1. The first kappa shape index (κ1) is 16.4. The van der Waals surface area contributed by atoms with E-state index in [1.165, 1.54) is 39.8 Å². The van der Waals surface area contributed by atoms with E-state index in [1.54, 1.807) is 0 Å². The molecular formula is C17H17FN6O2. The number of benzene rings is 1. The van der Waals surface area contributed by atoms with Crippen molar-refractivity contribution in [3.05, 3.63) is 46.8 Å². The number of aromatic nitrogens is 5. The second-order valence-corrected chi connectivity index (χ2v) is 6.38. The highest BCUT2D eigenvalue weighted by molar-refractivity contribution is 5.77. The zero-order valence-corrected chi connectivity index (χ0v) is 13.9. The van der Waals surface area contributed by atoms with Crippen molar-refractivity contribution in [3.8, 4) is 5.69 Å². The smallest absolute Gasteiger partial charge is 0.284 e. The molecule has 9 heteroatoms. The van der Waals surface area contributed by atoms with E-state index in [0.717, 1.165) is 25.7 Å². The van der Waals surface area contributed by atoms with Crippen molar-refractivity contribution in [3.63, 3.8) is 0 Å². The maximum Gasteiger partial charge on any atom is 0.284 e. The van der Waals surface area contributed by atoms with Crippen LogP contribution in [0.3, 0.4) is 0 Å². The van der Waals surface area contributed by atoms with E-state index in [0.29, 0.717) is 5.69 Å². The van der Waals surface area contributed by atoms with E-state index in [9.17, 15) is 14.0 Å². The Hall–Kier alpha value is -3.10. The van der Waals surface area contributed by atoms with E-state index < -0.39 is 5.56 Å². The lowest BCUT2D eigenvalue weighted by Gasteiger charge is -2.12. The van der Waals surface area contributed by atoms with E-state index in [4.69, 9.17) is 0 Å². The van der Waals surface area contributed by atoms with E-state index in [-0.39, 0.29) is 35.5 Å². The minimum atomic E-state index is -0.440. The molecule has 0 aliphatic heterocycles. The summed E-state index contributed by atoms with van der Waals surface area (Å²) in [6.45, 7) is -0.109. The summed E-state index contributed by atoms with van der Waals surface area (Å²) in [6.07, 6.45) is 5.49. The lowest BCUT2D eigenvalue weighted by atomic mass is 10.2. The van der Waals surface area contributed by atoms with Crippen LogP contribution in [0.15, 0.2) is 35.4 Å². The van der Waals surface area contributed by atoms with Crippen molar-refractivity contribution in [1.29, 1.82) is 0 Å². The molecule has 26 heavy (non-hydrogen) atoms. The Bertz CT molecular complexity index is 1000. The van der Waals surface area contributed by atoms with Crippen LogP contribution >= 0.6 is 0 Å². The van der Waals surface area contributed by atoms with Gasteiger partial charge in [-0.1, -0.05) is 18.1 Å². The van der Waals surface area contributed by atoms with Crippen LogP contribution in [-0.2, 0) is 11.3 Å². The van der Waals surface area contributed by atoms with Gasteiger partial charge in [0, 0.05) is 6.04 Å². The van der Waals surface area contributed by atoms with Crippen LogP contribution in [0.5, 0.6) is 0 Å². The van der Waals surface area contributed by atoms with Crippen molar-refractivity contribution >= 4 is 17.1 Å². The molecule has 4 rings (SSSR count). The highest BCUT2D eigenvalue weighted by Crippen LogP contribution is 2.17. The number of carbonyl (C=O) groups excluding carboxylic acids is 1. The average Bonchev–Trinajstić information content (AvgIpc) is 3.28. The van der Waals surface area contributed by atoms with Gasteiger partial charge in [0.15, 0.2) is 11.2 Å². The van der Waals surface area contributed by atoms with Gasteiger partial charge in [0.1, 0.15) is 18.7 Å². The summed E-state index contributed by atoms with van der Waals surface area (Å²) in [4.78, 5) is 28.9. The second kappa shape index (κ2) is 6.66. The molecule has 1 aromatic carbocycles. The first-order valence-corrected chi connectivity index (χ1v) is 8.48. The average molecular weight is 356 g/mol. The van der Waals surface area contributed by atoms with Crippen LogP contribution in [0.2, 0.25) is 0 Å². The van der Waals surface area contributed by atoms with Crippen molar-refractivity contribution < 1.29 is 9.18 Å². The molecule has 1 aliphatic carbocycles. The third-order valence-electron chi connectivity index (χ3n) is 4.53. The maximum atomic E-state index is 13.1. The number of fused-ring (bicyclic) bond motifs is 1. The summed E-state index contributed by atoms with van der Waals surface area (Å²) in [5, 5.41) is 10.7. The normalized spacial score (nSPS) is 14.8. The molecule has 8 nitrogen and oxygen atoms in total. The van der Waals surface area contributed by atoms with Gasteiger partial charge in [0.05, 0.1) is 5.69 Å². The van der Waals surface area contributed by atoms with Gasteiger partial charge in [0.25, 0.3) is 5.56 Å². The minimum absolute atomic E-state index is 0.0606. The Morgan fingerprint density at radius 3 is 2.69 bits per heavy atom. The topological polar surface area (TPSA) is 94.7 Å². The fraction of sp³-hybridized carbons (Fsp3) is 0.353. The molecule has 0 saturated heterocycles. The van der Waals surface area contributed by atoms with Crippen molar-refractivity contribution in [1.82, 2.24) is 29.9 Å². The fourth-order valence-corrected chi connectivity index (χ4v) is 3.21. The molecule has 0 unspecified atom stereocenters. The number of halogens is 1. The van der Waals surface area contributed by atoms with E-state index in [1.807, 2.05) is 0 Å². The van der Waals surface area contributed by atoms with Gasteiger partial charge in [-0.05, 0) is 37.1 Å². The molecule has 0 atom stereocenters. The third-order valence-corrected chi connectivity index (χ3v) is 4.53. The van der Waals surface area contributed by atoms with Gasteiger partial charge in [-0.25, -0.2) is 9.37 Å². The van der Waals surface area contributed by atoms with Gasteiger partial charge in [0.2, 0.25) is 5.91 Å². The Labute approximate surface area is 147 Å². The molecule has 1 aliphatic rings. The number of nitrogens with one attached hydrogen (secondary N) is 1. The molecule has 1 amide bonds. The quantitative estimate of drug-likeness (QED) is 0.757. The van der Waals surface area contributed by atoms with Crippen LogP contribution < -0.4 is 10.9 Å². The molecule has 1 N–H and O–H groups in total. The van der Waals surface area contributed by atoms with Crippen LogP contribution in [0, 0.1) is 5.82 Å². The summed E-state index contributed by atoms with van der Waals surface area (Å²) in [7, 11) is 0. The highest BCUT2D eigenvalue weighted by Gasteiger charge is 2.19. The molecular weight excluding hydrogens is 339 g/mol. The number of amides is 1. The Balaban J connectivity index is 1.60. The van der Waals surface area contributed by atoms with Crippen LogP contribution in [0.4, 0.5) is 4.39 Å². The standard InChI is InChI=1S/C17H17FN6O2/c18-11-5-7-13(8-6-11)24-16-15(21-22-24)17(26)23(10-19-16)9-14(25)20-12-3-1-2-4-12/h5-8,10,12H,1-4,9H2,(H,20,25). The Kier molecular flexibility index (Phi) is 4.19. The van der Waals surface area contributed by atoms with E-state index in [2.05, 4.69) is 20.6 Å². The summed E-state index contributed by atoms with van der Waals surface area (Å²) < 4.78 is 15.7. The fourth-order valence-electron chi connectivity index (χ4n) is 3.21. The van der Waals surface area contributed by atoms with Crippen molar-refractivity contribution in [2.24, 2.45) is 0 Å². The predicted molar refractivity (Wildman–Crippen MR) is 91.3 cm³/mol. The number of rotatable bonds is 4. The Morgan fingerprint density at radius 1 is 1.23 bits per heavy atom. The summed E-state index contributed by atoms with van der Waals surface area (Å²) in [5.41, 5.74) is 0.419. The molecule has 3 aromatic rings. The monoisotopic (exact) mass is 356 g/mol. The molecule has 1 saturated carbocycles. The predicted octanol–water partition coefficient (Wildman–Crippen LogP) is 1.18. The van der Waals surface area contributed by atoms with Gasteiger partial charge in [-0.2, -0.15) is 4.68 Å². The molecule has 0 bridgehead atoms. The molecule has 0 spiro atoms. The van der Waals surface area contributed by atoms with Crippen LogP contribution in [-0.4, -0.2) is 36.5 Å². The largest absolute Gasteiger partial charge is 0.352 e. The third kappa shape index (κ3) is 3.07. The van der Waals surface area contributed by atoms with Crippen LogP contribution in [0.25, 0.3) is 16.9 Å². The molecule has 2 heterocycles. The SMILES string of the molecule is O=C(Cn1cnc2c(nnn2-c2ccc(F)cc2)c1=O)NC1CCCC1. The van der Waals surface area contributed by atoms with Crippen molar-refractivity contribution in [2.45, 2.75) is 38.3 Å². The lowest BCUT2D eigenvalue weighted by molar-refractivity contribution is -0.122. The van der Waals surface area contributed by atoms with Gasteiger partial charge >= 0.3 is 0 Å². The highest BCUT2D eigenvalue weighted by atomic mass is 19.1. The van der Waals surface area contributed by atoms with E-state index >= 15 is 0 Å². The number of nitrogens with zero attached hydrogens (tertiary/aromatic N) is 5. The second-order valence-electron chi connectivity index (χ2n) is 6.38. The van der Waals surface area contributed by atoms with Gasteiger partial charge < -0.3 is 5.32 Å². The first-order valence-electron chi connectivity index (χ1n) is 8.48. The zero-order chi connectivity index (χ0) is 18.1. The Morgan fingerprint density at radius 2 is 1.96 bits per heavy atom. The zero-order valence-electron chi connectivity index (χ0n) is 13.9. The number of hydrogen-bond donors (Lipinski definition) is 1. The minimum Gasteiger partial charge on any atom is -0.352 e. The molecule has 1 fully saturated rings. The van der Waals surface area contributed by atoms with Crippen molar-refractivity contribution in [2.75, 3.05) is 0 Å². The summed E-state index contributed by atoms with van der Waals surface area (Å²) in [6, 6.07) is 5.81. The first-order chi connectivity index (χ1) is 12.6. The lowest BCUT2D eigenvalue weighted by Crippen LogP contribution is -2.37. The molecule has 0 radical (unpaired) electrons. The molecule has 134 valence electrons. The summed E-state index contributed by atoms with van der Waals surface area (Å²) >= 11 is 0. The van der Waals surface area contributed by atoms with Gasteiger partial charge in [-0.15, -0.1) is 5.10 Å². The summed E-state index contributed by atoms with van der Waals surface area (Å²) in [5.74, 6) is -0.590. The number of hydrogen-bond acceptors (Lipinski definition) is 5.